The second-order valence-electron chi connectivity index (χ2n) is 3.82. The number of H-pyrrole nitrogens is 1. The molecule has 1 heterocycles. The Labute approximate surface area is 112 Å². The number of halogens is 2. The van der Waals surface area contributed by atoms with Crippen molar-refractivity contribution in [1.82, 2.24) is 15.2 Å². The van der Waals surface area contributed by atoms with E-state index in [1.807, 2.05) is 0 Å². The van der Waals surface area contributed by atoms with Crippen LogP contribution in [0.25, 0.3) is 0 Å². The minimum Gasteiger partial charge on any atom is -0.397 e. The lowest BCUT2D eigenvalue weighted by Gasteiger charge is -2.09. The minimum absolute atomic E-state index is 0.332. The van der Waals surface area contributed by atoms with Crippen molar-refractivity contribution in [3.05, 3.63) is 34.6 Å². The summed E-state index contributed by atoms with van der Waals surface area (Å²) < 4.78 is 13.7. The van der Waals surface area contributed by atoms with Crippen molar-refractivity contribution in [3.8, 4) is 0 Å². The molecular formula is C11H13BrFN5. The lowest BCUT2D eigenvalue weighted by molar-refractivity contribution is 0.621. The molecule has 0 atom stereocenters. The fraction of sp³-hybridized carbons (Fsp3) is 0.273. The van der Waals surface area contributed by atoms with Gasteiger partial charge in [0, 0.05) is 19.0 Å². The maximum Gasteiger partial charge on any atom is 0.139 e. The van der Waals surface area contributed by atoms with Gasteiger partial charge in [0.05, 0.1) is 15.8 Å². The zero-order chi connectivity index (χ0) is 13.0. The third-order valence-corrected chi connectivity index (χ3v) is 3.07. The number of aromatic nitrogens is 3. The summed E-state index contributed by atoms with van der Waals surface area (Å²) in [5.74, 6) is 0.508. The van der Waals surface area contributed by atoms with Gasteiger partial charge in [-0.15, -0.1) is 0 Å². The largest absolute Gasteiger partial charge is 0.397 e. The van der Waals surface area contributed by atoms with E-state index in [0.717, 1.165) is 18.7 Å². The molecule has 0 amide bonds. The van der Waals surface area contributed by atoms with E-state index in [4.69, 9.17) is 5.73 Å². The normalized spacial score (nSPS) is 10.6. The monoisotopic (exact) mass is 313 g/mol. The predicted octanol–water partition coefficient (Wildman–Crippen LogP) is 2.33. The van der Waals surface area contributed by atoms with Crippen LogP contribution in [0.2, 0.25) is 0 Å². The molecule has 18 heavy (non-hydrogen) atoms. The van der Waals surface area contributed by atoms with Gasteiger partial charge in [0.15, 0.2) is 0 Å². The number of hydrogen-bond acceptors (Lipinski definition) is 4. The van der Waals surface area contributed by atoms with Gasteiger partial charge < -0.3 is 11.1 Å². The van der Waals surface area contributed by atoms with Gasteiger partial charge in [-0.05, 0) is 28.4 Å². The first-order valence-electron chi connectivity index (χ1n) is 5.49. The summed E-state index contributed by atoms with van der Waals surface area (Å²) >= 11 is 3.09. The molecule has 0 saturated heterocycles. The number of hydrogen-bond donors (Lipinski definition) is 3. The summed E-state index contributed by atoms with van der Waals surface area (Å²) in [4.78, 5) is 4.02. The third kappa shape index (κ3) is 3.19. The van der Waals surface area contributed by atoms with E-state index < -0.39 is 0 Å². The highest BCUT2D eigenvalue weighted by Crippen LogP contribution is 2.26. The fourth-order valence-corrected chi connectivity index (χ4v) is 1.91. The smallest absolute Gasteiger partial charge is 0.139 e. The fourth-order valence-electron chi connectivity index (χ4n) is 1.55. The van der Waals surface area contributed by atoms with Crippen LogP contribution in [-0.4, -0.2) is 21.7 Å². The van der Waals surface area contributed by atoms with Crippen LogP contribution in [0.1, 0.15) is 12.2 Å². The lowest BCUT2D eigenvalue weighted by Crippen LogP contribution is -2.06. The summed E-state index contributed by atoms with van der Waals surface area (Å²) in [6, 6.07) is 2.93. The Kier molecular flexibility index (Phi) is 4.14. The van der Waals surface area contributed by atoms with Crippen molar-refractivity contribution < 1.29 is 4.39 Å². The molecule has 5 nitrogen and oxygen atoms in total. The molecule has 1 aromatic carbocycles. The summed E-state index contributed by atoms with van der Waals surface area (Å²) in [5, 5.41) is 9.64. The molecule has 0 spiro atoms. The maximum absolute atomic E-state index is 13.3. The molecule has 2 rings (SSSR count). The summed E-state index contributed by atoms with van der Waals surface area (Å²) in [5.41, 5.74) is 6.90. The number of aromatic amines is 1. The van der Waals surface area contributed by atoms with Gasteiger partial charge in [0.1, 0.15) is 18.0 Å². The Bertz CT molecular complexity index is 514. The second-order valence-corrected chi connectivity index (χ2v) is 4.67. The summed E-state index contributed by atoms with van der Waals surface area (Å²) in [6.45, 7) is 0.686. The number of nitrogens with two attached hydrogens (primary N) is 1. The van der Waals surface area contributed by atoms with Gasteiger partial charge >= 0.3 is 0 Å². The van der Waals surface area contributed by atoms with Gasteiger partial charge in [-0.25, -0.2) is 9.37 Å². The van der Waals surface area contributed by atoms with Crippen LogP contribution >= 0.6 is 15.9 Å². The van der Waals surface area contributed by atoms with Crippen LogP contribution in [0.5, 0.6) is 0 Å². The van der Waals surface area contributed by atoms with Crippen molar-refractivity contribution in [1.29, 1.82) is 0 Å². The van der Waals surface area contributed by atoms with Gasteiger partial charge in [-0.3, -0.25) is 5.10 Å². The van der Waals surface area contributed by atoms with Crippen LogP contribution in [-0.2, 0) is 6.42 Å². The van der Waals surface area contributed by atoms with E-state index in [2.05, 4.69) is 36.4 Å². The molecule has 0 saturated carbocycles. The Morgan fingerprint density at radius 2 is 2.28 bits per heavy atom. The Hall–Kier alpha value is -1.63. The van der Waals surface area contributed by atoms with E-state index >= 15 is 0 Å². The number of benzene rings is 1. The molecular weight excluding hydrogens is 301 g/mol. The zero-order valence-electron chi connectivity index (χ0n) is 9.58. The Morgan fingerprint density at radius 1 is 1.44 bits per heavy atom. The second kappa shape index (κ2) is 5.81. The van der Waals surface area contributed by atoms with Crippen molar-refractivity contribution in [2.45, 2.75) is 12.8 Å². The van der Waals surface area contributed by atoms with Crippen molar-refractivity contribution in [2.24, 2.45) is 0 Å². The van der Waals surface area contributed by atoms with Gasteiger partial charge in [-0.2, -0.15) is 5.10 Å². The molecule has 0 radical (unpaired) electrons. The summed E-state index contributed by atoms with van der Waals surface area (Å²) in [7, 11) is 0. The van der Waals surface area contributed by atoms with Gasteiger partial charge in [0.2, 0.25) is 0 Å². The molecule has 4 N–H and O–H groups in total. The number of anilines is 2. The van der Waals surface area contributed by atoms with Crippen LogP contribution < -0.4 is 11.1 Å². The molecule has 0 aliphatic heterocycles. The van der Waals surface area contributed by atoms with E-state index in [9.17, 15) is 4.39 Å². The van der Waals surface area contributed by atoms with E-state index in [1.54, 1.807) is 6.07 Å². The van der Waals surface area contributed by atoms with Crippen LogP contribution in [0.3, 0.4) is 0 Å². The van der Waals surface area contributed by atoms with Crippen molar-refractivity contribution >= 4 is 27.3 Å². The first-order valence-corrected chi connectivity index (χ1v) is 6.29. The maximum atomic E-state index is 13.3. The molecule has 96 valence electrons. The number of aryl methyl sites for hydroxylation is 1. The molecule has 0 fully saturated rings. The van der Waals surface area contributed by atoms with E-state index in [1.165, 1.54) is 12.4 Å². The summed E-state index contributed by atoms with van der Waals surface area (Å²) in [6.07, 6.45) is 3.11. The van der Waals surface area contributed by atoms with E-state index in [0.29, 0.717) is 22.4 Å². The van der Waals surface area contributed by atoms with Gasteiger partial charge in [-0.1, -0.05) is 0 Å². The standard InChI is InChI=1S/C11H13BrFN5/c12-7-4-9(14)10(5-8(7)13)15-3-1-2-11-16-6-17-18-11/h4-6,15H,1-3,14H2,(H,16,17,18). The minimum atomic E-state index is -0.332. The first-order chi connectivity index (χ1) is 8.66. The van der Waals surface area contributed by atoms with Crippen molar-refractivity contribution in [2.75, 3.05) is 17.6 Å². The Morgan fingerprint density at radius 3 is 3.00 bits per heavy atom. The quantitative estimate of drug-likeness (QED) is 0.584. The number of rotatable bonds is 5. The third-order valence-electron chi connectivity index (χ3n) is 2.46. The molecule has 0 unspecified atom stereocenters. The number of nitrogens with zero attached hydrogens (tertiary/aromatic N) is 2. The average Bonchev–Trinajstić information content (AvgIpc) is 2.84. The number of nitrogens with one attached hydrogen (secondary N) is 2. The predicted molar refractivity (Wildman–Crippen MR) is 71.7 cm³/mol. The van der Waals surface area contributed by atoms with E-state index in [-0.39, 0.29) is 5.82 Å². The van der Waals surface area contributed by atoms with Gasteiger partial charge in [0.25, 0.3) is 0 Å². The molecule has 7 heteroatoms. The zero-order valence-corrected chi connectivity index (χ0v) is 11.2. The molecule has 0 aliphatic rings. The van der Waals surface area contributed by atoms with Crippen LogP contribution in [0.4, 0.5) is 15.8 Å². The highest BCUT2D eigenvalue weighted by Gasteiger charge is 2.05. The SMILES string of the molecule is Nc1cc(Br)c(F)cc1NCCCc1ncn[nH]1. The van der Waals surface area contributed by atoms with Crippen molar-refractivity contribution in [3.63, 3.8) is 0 Å². The highest BCUT2D eigenvalue weighted by molar-refractivity contribution is 9.10. The Balaban J connectivity index is 1.85. The molecule has 1 aromatic heterocycles. The topological polar surface area (TPSA) is 79.6 Å². The lowest BCUT2D eigenvalue weighted by atomic mass is 10.2. The van der Waals surface area contributed by atoms with Crippen LogP contribution in [0.15, 0.2) is 22.9 Å². The average molecular weight is 314 g/mol. The first kappa shape index (κ1) is 12.8. The number of nitrogen functional groups attached to an aromatic ring is 1. The molecule has 0 aliphatic carbocycles. The molecule has 0 bridgehead atoms. The molecule has 2 aromatic rings. The van der Waals surface area contributed by atoms with Crippen LogP contribution in [0, 0.1) is 5.82 Å². The highest BCUT2D eigenvalue weighted by atomic mass is 79.9.